The lowest BCUT2D eigenvalue weighted by Gasteiger charge is -2.28. The molecule has 4 amide bonds. The maximum absolute atomic E-state index is 13.5. The van der Waals surface area contributed by atoms with E-state index in [1.165, 1.54) is 0 Å². The van der Waals surface area contributed by atoms with E-state index < -0.39 is 17.5 Å². The first-order chi connectivity index (χ1) is 13.5. The van der Waals surface area contributed by atoms with Crippen molar-refractivity contribution in [2.45, 2.75) is 25.3 Å². The number of hydrogen-bond acceptors (Lipinski definition) is 3. The van der Waals surface area contributed by atoms with Gasteiger partial charge in [-0.25, -0.2) is 4.79 Å². The summed E-state index contributed by atoms with van der Waals surface area (Å²) >= 11 is 0. The Morgan fingerprint density at radius 3 is 2.04 bits per heavy atom. The molecule has 1 aliphatic heterocycles. The molecule has 28 heavy (non-hydrogen) atoms. The average Bonchev–Trinajstić information content (AvgIpc) is 2.98. The number of imide groups is 1. The van der Waals surface area contributed by atoms with Crippen LogP contribution in [0.15, 0.2) is 60.7 Å². The number of unbranched alkanes of at least 4 members (excludes halogenated alkanes) is 1. The molecule has 0 atom stereocenters. The zero-order chi connectivity index (χ0) is 20.1. The van der Waals surface area contributed by atoms with Crippen molar-refractivity contribution in [3.63, 3.8) is 0 Å². The van der Waals surface area contributed by atoms with Crippen molar-refractivity contribution in [3.8, 4) is 0 Å². The summed E-state index contributed by atoms with van der Waals surface area (Å²) in [6, 6.07) is 17.7. The molecule has 3 rings (SSSR count). The first kappa shape index (κ1) is 19.6. The van der Waals surface area contributed by atoms with Crippen LogP contribution in [0, 0.1) is 0 Å². The summed E-state index contributed by atoms with van der Waals surface area (Å²) in [5.74, 6) is -0.694. The fraction of sp³-hybridized carbons (Fsp3) is 0.318. The van der Waals surface area contributed by atoms with Crippen LogP contribution in [-0.4, -0.2) is 47.8 Å². The number of carbonyl (C=O) groups excluding carboxylic acids is 3. The van der Waals surface area contributed by atoms with Gasteiger partial charge in [0.2, 0.25) is 5.91 Å². The summed E-state index contributed by atoms with van der Waals surface area (Å²) in [5, 5.41) is 2.85. The van der Waals surface area contributed by atoms with Gasteiger partial charge in [0, 0.05) is 13.6 Å². The van der Waals surface area contributed by atoms with Crippen LogP contribution < -0.4 is 5.32 Å². The van der Waals surface area contributed by atoms with Crippen molar-refractivity contribution >= 4 is 17.8 Å². The van der Waals surface area contributed by atoms with E-state index >= 15 is 0 Å². The molecule has 1 saturated heterocycles. The van der Waals surface area contributed by atoms with Crippen LogP contribution in [0.4, 0.5) is 4.79 Å². The third-order valence-electron chi connectivity index (χ3n) is 5.09. The molecular weight excluding hydrogens is 354 g/mol. The molecule has 1 heterocycles. The molecule has 6 heteroatoms. The first-order valence-electron chi connectivity index (χ1n) is 9.49. The van der Waals surface area contributed by atoms with Crippen LogP contribution >= 0.6 is 0 Å². The number of rotatable bonds is 7. The molecule has 0 spiro atoms. The van der Waals surface area contributed by atoms with E-state index in [4.69, 9.17) is 0 Å². The number of hydrogen-bond donors (Lipinski definition) is 1. The summed E-state index contributed by atoms with van der Waals surface area (Å²) in [5.41, 5.74) is -0.00956. The Hall–Kier alpha value is -3.15. The van der Waals surface area contributed by atoms with E-state index in [1.807, 2.05) is 67.6 Å². The Bertz CT molecular complexity index is 812. The van der Waals surface area contributed by atoms with E-state index in [0.717, 1.165) is 17.7 Å². The molecule has 2 aromatic rings. The fourth-order valence-electron chi connectivity index (χ4n) is 3.43. The largest absolute Gasteiger partial charge is 0.344 e. The zero-order valence-corrected chi connectivity index (χ0v) is 16.2. The third kappa shape index (κ3) is 3.50. The van der Waals surface area contributed by atoms with E-state index in [9.17, 15) is 14.4 Å². The lowest BCUT2D eigenvalue weighted by atomic mass is 9.82. The second-order valence-corrected chi connectivity index (χ2v) is 6.97. The highest BCUT2D eigenvalue weighted by molar-refractivity contribution is 6.11. The number of amides is 4. The summed E-state index contributed by atoms with van der Waals surface area (Å²) in [7, 11) is 1.69. The Labute approximate surface area is 165 Å². The van der Waals surface area contributed by atoms with Crippen molar-refractivity contribution in [2.75, 3.05) is 20.1 Å². The predicted molar refractivity (Wildman–Crippen MR) is 106 cm³/mol. The summed E-state index contributed by atoms with van der Waals surface area (Å²) in [4.78, 5) is 41.3. The van der Waals surface area contributed by atoms with Crippen LogP contribution in [0.2, 0.25) is 0 Å². The van der Waals surface area contributed by atoms with Gasteiger partial charge in [0.1, 0.15) is 6.54 Å². The second kappa shape index (κ2) is 8.25. The molecule has 146 valence electrons. The minimum atomic E-state index is -1.33. The van der Waals surface area contributed by atoms with Crippen LogP contribution in [0.5, 0.6) is 0 Å². The van der Waals surface area contributed by atoms with Crippen molar-refractivity contribution < 1.29 is 14.4 Å². The quantitative estimate of drug-likeness (QED) is 0.752. The Kier molecular flexibility index (Phi) is 5.78. The molecule has 6 nitrogen and oxygen atoms in total. The van der Waals surface area contributed by atoms with Crippen LogP contribution in [0.3, 0.4) is 0 Å². The summed E-state index contributed by atoms with van der Waals surface area (Å²) < 4.78 is 0. The molecule has 0 saturated carbocycles. The van der Waals surface area contributed by atoms with Gasteiger partial charge in [-0.2, -0.15) is 0 Å². The Balaban J connectivity index is 1.95. The molecule has 0 aliphatic carbocycles. The molecule has 2 aromatic carbocycles. The Morgan fingerprint density at radius 2 is 1.54 bits per heavy atom. The van der Waals surface area contributed by atoms with Gasteiger partial charge in [0.25, 0.3) is 5.91 Å². The number of benzene rings is 2. The fourth-order valence-corrected chi connectivity index (χ4v) is 3.43. The van der Waals surface area contributed by atoms with E-state index in [1.54, 1.807) is 11.9 Å². The van der Waals surface area contributed by atoms with Gasteiger partial charge >= 0.3 is 6.03 Å². The van der Waals surface area contributed by atoms with E-state index in [-0.39, 0.29) is 12.5 Å². The van der Waals surface area contributed by atoms with Gasteiger partial charge in [0.15, 0.2) is 5.54 Å². The zero-order valence-electron chi connectivity index (χ0n) is 16.2. The lowest BCUT2D eigenvalue weighted by Crippen LogP contribution is -2.46. The van der Waals surface area contributed by atoms with E-state index in [0.29, 0.717) is 17.7 Å². The maximum Gasteiger partial charge on any atom is 0.326 e. The first-order valence-corrected chi connectivity index (χ1v) is 9.49. The molecule has 0 bridgehead atoms. The highest BCUT2D eigenvalue weighted by atomic mass is 16.2. The topological polar surface area (TPSA) is 69.7 Å². The molecular formula is C22H25N3O3. The molecule has 0 aromatic heterocycles. The highest BCUT2D eigenvalue weighted by Gasteiger charge is 2.54. The standard InChI is InChI=1S/C22H25N3O3/c1-3-4-15-24(2)19(26)16-25-20(27)22(23-21(25)28,17-11-7-5-8-12-17)18-13-9-6-10-14-18/h5-14H,3-4,15-16H2,1-2H3,(H,23,28). The lowest BCUT2D eigenvalue weighted by molar-refractivity contribution is -0.137. The monoisotopic (exact) mass is 379 g/mol. The van der Waals surface area contributed by atoms with Gasteiger partial charge in [-0.05, 0) is 17.5 Å². The summed E-state index contributed by atoms with van der Waals surface area (Å²) in [6.07, 6.45) is 1.84. The van der Waals surface area contributed by atoms with Crippen LogP contribution in [-0.2, 0) is 15.1 Å². The molecule has 0 radical (unpaired) electrons. The van der Waals surface area contributed by atoms with E-state index in [2.05, 4.69) is 5.32 Å². The van der Waals surface area contributed by atoms with Gasteiger partial charge in [-0.15, -0.1) is 0 Å². The maximum atomic E-state index is 13.5. The Morgan fingerprint density at radius 1 is 1.00 bits per heavy atom. The number of carbonyl (C=O) groups is 3. The van der Waals surface area contributed by atoms with Crippen LogP contribution in [0.25, 0.3) is 0 Å². The van der Waals surface area contributed by atoms with Gasteiger partial charge in [0.05, 0.1) is 0 Å². The molecule has 0 unspecified atom stereocenters. The normalized spacial score (nSPS) is 15.4. The molecule has 1 N–H and O–H groups in total. The molecule has 1 aliphatic rings. The van der Waals surface area contributed by atoms with Crippen molar-refractivity contribution in [1.82, 2.24) is 15.1 Å². The second-order valence-electron chi connectivity index (χ2n) is 6.97. The number of nitrogens with one attached hydrogen (secondary N) is 1. The average molecular weight is 379 g/mol. The van der Waals surface area contributed by atoms with Gasteiger partial charge in [-0.3, -0.25) is 14.5 Å². The predicted octanol–water partition coefficient (Wildman–Crippen LogP) is 2.74. The van der Waals surface area contributed by atoms with Crippen molar-refractivity contribution in [2.24, 2.45) is 0 Å². The number of urea groups is 1. The number of likely N-dealkylation sites (N-methyl/N-ethyl adjacent to an activating group) is 1. The minimum Gasteiger partial charge on any atom is -0.344 e. The minimum absolute atomic E-state index is 0.256. The van der Waals surface area contributed by atoms with Gasteiger partial charge in [-0.1, -0.05) is 74.0 Å². The van der Waals surface area contributed by atoms with Crippen molar-refractivity contribution in [3.05, 3.63) is 71.8 Å². The highest BCUT2D eigenvalue weighted by Crippen LogP contribution is 2.35. The van der Waals surface area contributed by atoms with Gasteiger partial charge < -0.3 is 10.2 Å². The smallest absolute Gasteiger partial charge is 0.326 e. The summed E-state index contributed by atoms with van der Waals surface area (Å²) in [6.45, 7) is 2.37. The van der Waals surface area contributed by atoms with Crippen LogP contribution in [0.1, 0.15) is 30.9 Å². The number of nitrogens with zero attached hydrogens (tertiary/aromatic N) is 2. The SMILES string of the molecule is CCCCN(C)C(=O)CN1C(=O)NC(c2ccccc2)(c2ccccc2)C1=O. The molecule has 1 fully saturated rings. The van der Waals surface area contributed by atoms with Crippen molar-refractivity contribution in [1.29, 1.82) is 0 Å². The third-order valence-corrected chi connectivity index (χ3v) is 5.09.